The third kappa shape index (κ3) is 5.64. The lowest BCUT2D eigenvalue weighted by Gasteiger charge is -2.20. The van der Waals surface area contributed by atoms with E-state index in [1.807, 2.05) is 24.3 Å². The Morgan fingerprint density at radius 3 is 2.36 bits per heavy atom. The van der Waals surface area contributed by atoms with E-state index in [1.165, 1.54) is 14.2 Å². The van der Waals surface area contributed by atoms with Gasteiger partial charge in [-0.25, -0.2) is 0 Å². The highest BCUT2D eigenvalue weighted by molar-refractivity contribution is 5.78. The molecule has 2 aromatic carbocycles. The minimum atomic E-state index is -1.02. The van der Waals surface area contributed by atoms with Crippen LogP contribution in [0.3, 0.4) is 0 Å². The van der Waals surface area contributed by atoms with E-state index in [9.17, 15) is 14.7 Å². The van der Waals surface area contributed by atoms with Gasteiger partial charge in [0.1, 0.15) is 17.2 Å². The van der Waals surface area contributed by atoms with Crippen molar-refractivity contribution in [3.63, 3.8) is 0 Å². The number of para-hydroxylation sites is 1. The van der Waals surface area contributed by atoms with E-state index >= 15 is 0 Å². The molecule has 150 valence electrons. The number of benzene rings is 2. The molecule has 2 aromatic rings. The van der Waals surface area contributed by atoms with Gasteiger partial charge in [0.2, 0.25) is 5.91 Å². The highest BCUT2D eigenvalue weighted by atomic mass is 16.5. The maximum Gasteiger partial charge on any atom is 0.305 e. The molecule has 0 heterocycles. The quantitative estimate of drug-likeness (QED) is 0.651. The number of carboxylic acids is 1. The van der Waals surface area contributed by atoms with Crippen molar-refractivity contribution in [2.24, 2.45) is 0 Å². The van der Waals surface area contributed by atoms with Crippen LogP contribution in [0.5, 0.6) is 17.2 Å². The van der Waals surface area contributed by atoms with Crippen LogP contribution in [-0.2, 0) is 16.0 Å². The third-order valence-electron chi connectivity index (χ3n) is 4.34. The first kappa shape index (κ1) is 21.1. The molecule has 7 nitrogen and oxygen atoms in total. The van der Waals surface area contributed by atoms with Gasteiger partial charge in [0.25, 0.3) is 0 Å². The van der Waals surface area contributed by atoms with Crippen LogP contribution in [0.1, 0.15) is 30.0 Å². The number of carbonyl (C=O) groups excluding carboxylic acids is 1. The Morgan fingerprint density at radius 1 is 1.00 bits per heavy atom. The predicted octanol–water partition coefficient (Wildman–Crippen LogP) is 2.98. The molecule has 28 heavy (non-hydrogen) atoms. The Balaban J connectivity index is 2.13. The second-order valence-electron chi connectivity index (χ2n) is 6.14. The molecule has 0 spiro atoms. The van der Waals surface area contributed by atoms with E-state index in [4.69, 9.17) is 14.2 Å². The molecule has 0 fully saturated rings. The van der Waals surface area contributed by atoms with Crippen molar-refractivity contribution in [1.82, 2.24) is 5.32 Å². The van der Waals surface area contributed by atoms with Gasteiger partial charge < -0.3 is 24.6 Å². The van der Waals surface area contributed by atoms with Crippen LogP contribution < -0.4 is 19.5 Å². The Kier molecular flexibility index (Phi) is 7.68. The molecular weight excluding hydrogens is 362 g/mol. The van der Waals surface area contributed by atoms with Crippen molar-refractivity contribution < 1.29 is 28.9 Å². The molecule has 0 bridgehead atoms. The summed E-state index contributed by atoms with van der Waals surface area (Å²) in [6.45, 7) is 0. The Bertz CT molecular complexity index is 820. The molecule has 0 saturated heterocycles. The molecule has 0 aliphatic carbocycles. The zero-order valence-corrected chi connectivity index (χ0v) is 16.2. The second-order valence-corrected chi connectivity index (χ2v) is 6.14. The average molecular weight is 387 g/mol. The van der Waals surface area contributed by atoms with Gasteiger partial charge in [0.15, 0.2) is 0 Å². The number of aryl methyl sites for hydroxylation is 1. The summed E-state index contributed by atoms with van der Waals surface area (Å²) in [5.74, 6) is 0.477. The highest BCUT2D eigenvalue weighted by Crippen LogP contribution is 2.31. The summed E-state index contributed by atoms with van der Waals surface area (Å²) < 4.78 is 15.8. The number of hydrogen-bond donors (Lipinski definition) is 2. The predicted molar refractivity (Wildman–Crippen MR) is 104 cm³/mol. The van der Waals surface area contributed by atoms with Crippen LogP contribution in [-0.4, -0.2) is 38.3 Å². The van der Waals surface area contributed by atoms with E-state index < -0.39 is 12.0 Å². The first-order valence-corrected chi connectivity index (χ1v) is 8.83. The molecule has 7 heteroatoms. The fraction of sp³-hybridized carbons (Fsp3) is 0.333. The molecule has 0 aliphatic rings. The van der Waals surface area contributed by atoms with E-state index in [2.05, 4.69) is 5.32 Å². The van der Waals surface area contributed by atoms with E-state index in [0.29, 0.717) is 29.2 Å². The summed E-state index contributed by atoms with van der Waals surface area (Å²) in [7, 11) is 4.60. The number of aliphatic carboxylic acids is 1. The van der Waals surface area contributed by atoms with Crippen molar-refractivity contribution >= 4 is 11.9 Å². The van der Waals surface area contributed by atoms with E-state index in [0.717, 1.165) is 5.56 Å². The molecule has 1 unspecified atom stereocenters. The van der Waals surface area contributed by atoms with Crippen molar-refractivity contribution in [2.45, 2.75) is 25.3 Å². The fourth-order valence-corrected chi connectivity index (χ4v) is 2.94. The number of carbonyl (C=O) groups is 2. The smallest absolute Gasteiger partial charge is 0.305 e. The van der Waals surface area contributed by atoms with Crippen molar-refractivity contribution in [3.05, 3.63) is 53.6 Å². The number of carboxylic acid groups (broad SMARTS) is 1. The molecule has 1 atom stereocenters. The van der Waals surface area contributed by atoms with Crippen LogP contribution in [0.2, 0.25) is 0 Å². The van der Waals surface area contributed by atoms with Crippen LogP contribution >= 0.6 is 0 Å². The fourth-order valence-electron chi connectivity index (χ4n) is 2.94. The van der Waals surface area contributed by atoms with Gasteiger partial charge in [-0.05, 0) is 30.2 Å². The molecule has 2 N–H and O–H groups in total. The van der Waals surface area contributed by atoms with Crippen molar-refractivity contribution in [2.75, 3.05) is 21.3 Å². The van der Waals surface area contributed by atoms with Crippen molar-refractivity contribution in [1.29, 1.82) is 0 Å². The summed E-state index contributed by atoms with van der Waals surface area (Å²) in [6.07, 6.45) is 0.424. The molecular formula is C21H25NO6. The minimum Gasteiger partial charge on any atom is -0.497 e. The highest BCUT2D eigenvalue weighted by Gasteiger charge is 2.22. The van der Waals surface area contributed by atoms with E-state index in [-0.39, 0.29) is 18.7 Å². The summed E-state index contributed by atoms with van der Waals surface area (Å²) in [4.78, 5) is 23.8. The Hall–Kier alpha value is -3.22. The number of methoxy groups -OCH3 is 3. The van der Waals surface area contributed by atoms with Gasteiger partial charge in [0.05, 0.1) is 33.8 Å². The molecule has 0 aromatic heterocycles. The summed E-state index contributed by atoms with van der Waals surface area (Å²) in [6, 6.07) is 11.8. The Morgan fingerprint density at radius 2 is 1.71 bits per heavy atom. The maximum absolute atomic E-state index is 12.5. The van der Waals surface area contributed by atoms with Gasteiger partial charge >= 0.3 is 5.97 Å². The second kappa shape index (κ2) is 10.2. The normalized spacial score (nSPS) is 11.4. The first-order valence-electron chi connectivity index (χ1n) is 8.83. The number of hydrogen-bond acceptors (Lipinski definition) is 5. The molecule has 1 amide bonds. The lowest BCUT2D eigenvalue weighted by molar-refractivity contribution is -0.137. The third-order valence-corrected chi connectivity index (χ3v) is 4.34. The van der Waals surface area contributed by atoms with Gasteiger partial charge in [-0.15, -0.1) is 0 Å². The lowest BCUT2D eigenvalue weighted by Crippen LogP contribution is -2.30. The van der Waals surface area contributed by atoms with E-state index in [1.54, 1.807) is 25.3 Å². The monoisotopic (exact) mass is 387 g/mol. The number of ether oxygens (including phenoxy) is 3. The maximum atomic E-state index is 12.5. The first-order chi connectivity index (χ1) is 13.5. The average Bonchev–Trinajstić information content (AvgIpc) is 2.71. The largest absolute Gasteiger partial charge is 0.497 e. The topological polar surface area (TPSA) is 94.1 Å². The van der Waals surface area contributed by atoms with Gasteiger partial charge in [-0.2, -0.15) is 0 Å². The van der Waals surface area contributed by atoms with Crippen molar-refractivity contribution in [3.8, 4) is 17.2 Å². The van der Waals surface area contributed by atoms with Crippen LogP contribution in [0, 0.1) is 0 Å². The number of amides is 1. The molecule has 2 rings (SSSR count). The standard InChI is InChI=1S/C21H25NO6/c1-26-15-9-10-16(19(12-15)28-3)17(13-21(24)25)22-20(23)11-8-14-6-4-5-7-18(14)27-2/h4-7,9-10,12,17H,8,11,13H2,1-3H3,(H,22,23)(H,24,25). The number of rotatable bonds is 10. The van der Waals surface area contributed by atoms with Crippen LogP contribution in [0.15, 0.2) is 42.5 Å². The minimum absolute atomic E-state index is 0.203. The molecule has 0 radical (unpaired) electrons. The van der Waals surface area contributed by atoms with Gasteiger partial charge in [0, 0.05) is 18.1 Å². The summed E-state index contributed by atoms with van der Waals surface area (Å²) in [5.41, 5.74) is 1.49. The van der Waals surface area contributed by atoms with Gasteiger partial charge in [-0.1, -0.05) is 18.2 Å². The SMILES string of the molecule is COc1ccc(C(CC(=O)O)NC(=O)CCc2ccccc2OC)c(OC)c1. The summed E-state index contributed by atoms with van der Waals surface area (Å²) in [5, 5.41) is 12.1. The zero-order chi connectivity index (χ0) is 20.5. The molecule has 0 aliphatic heterocycles. The Labute approximate surface area is 164 Å². The van der Waals surface area contributed by atoms with Gasteiger partial charge in [-0.3, -0.25) is 9.59 Å². The van der Waals surface area contributed by atoms with Crippen LogP contribution in [0.4, 0.5) is 0 Å². The zero-order valence-electron chi connectivity index (χ0n) is 16.2. The lowest BCUT2D eigenvalue weighted by atomic mass is 10.0. The molecule has 0 saturated carbocycles. The number of nitrogens with one attached hydrogen (secondary N) is 1. The van der Waals surface area contributed by atoms with Crippen LogP contribution in [0.25, 0.3) is 0 Å². The summed E-state index contributed by atoms with van der Waals surface area (Å²) >= 11 is 0.